The van der Waals surface area contributed by atoms with Gasteiger partial charge in [-0.3, -0.25) is 0 Å². The molecule has 0 spiro atoms. The van der Waals surface area contributed by atoms with Crippen LogP contribution in [0.15, 0.2) is 60.7 Å². The van der Waals surface area contributed by atoms with Crippen molar-refractivity contribution >= 4 is 10.8 Å². The first-order valence-electron chi connectivity index (χ1n) is 10.0. The van der Waals surface area contributed by atoms with Crippen molar-refractivity contribution in [1.82, 2.24) is 0 Å². The van der Waals surface area contributed by atoms with Gasteiger partial charge in [0.25, 0.3) is 0 Å². The van der Waals surface area contributed by atoms with E-state index >= 15 is 0 Å². The molecule has 4 rings (SSSR count). The van der Waals surface area contributed by atoms with Crippen molar-refractivity contribution in [3.8, 4) is 0 Å². The van der Waals surface area contributed by atoms with Crippen LogP contribution in [0.2, 0.25) is 0 Å². The SMILES string of the molecule is CCCCC[C@@H]1CCc2c(ccc3ccccc23)[C@H]1c1ccc(F)cc1. The number of benzene rings is 3. The Morgan fingerprint density at radius 3 is 2.54 bits per heavy atom. The Labute approximate surface area is 156 Å². The molecular weight excluding hydrogens is 319 g/mol. The lowest BCUT2D eigenvalue weighted by atomic mass is 9.69. The van der Waals surface area contributed by atoms with Crippen molar-refractivity contribution in [3.63, 3.8) is 0 Å². The molecule has 0 aliphatic heterocycles. The normalized spacial score (nSPS) is 19.5. The third kappa shape index (κ3) is 3.28. The van der Waals surface area contributed by atoms with E-state index in [0.717, 1.165) is 6.42 Å². The van der Waals surface area contributed by atoms with Gasteiger partial charge >= 0.3 is 0 Å². The number of hydrogen-bond donors (Lipinski definition) is 0. The number of hydrogen-bond acceptors (Lipinski definition) is 0. The fourth-order valence-corrected chi connectivity index (χ4v) is 4.76. The highest BCUT2D eigenvalue weighted by molar-refractivity contribution is 5.87. The summed E-state index contributed by atoms with van der Waals surface area (Å²) in [5.41, 5.74) is 4.23. The average molecular weight is 346 g/mol. The van der Waals surface area contributed by atoms with Gasteiger partial charge in [-0.25, -0.2) is 4.39 Å². The maximum atomic E-state index is 13.5. The van der Waals surface area contributed by atoms with Crippen molar-refractivity contribution in [2.24, 2.45) is 5.92 Å². The van der Waals surface area contributed by atoms with Crippen LogP contribution in [0.4, 0.5) is 4.39 Å². The molecule has 0 saturated carbocycles. The number of halogens is 1. The van der Waals surface area contributed by atoms with Gasteiger partial charge in [0.2, 0.25) is 0 Å². The molecule has 3 aromatic carbocycles. The predicted molar refractivity (Wildman–Crippen MR) is 108 cm³/mol. The molecule has 0 radical (unpaired) electrons. The standard InChI is InChI=1S/C25H27F/c1-2-3-4-8-19-13-16-23-22-9-6-5-7-18(22)12-17-24(23)25(19)20-10-14-21(26)15-11-20/h5-7,9-12,14-15,17,19,25H,2-4,8,13,16H2,1H3/t19-,25-/m1/s1. The fraction of sp³-hybridized carbons (Fsp3) is 0.360. The molecule has 134 valence electrons. The zero-order chi connectivity index (χ0) is 17.9. The van der Waals surface area contributed by atoms with Crippen LogP contribution in [-0.4, -0.2) is 0 Å². The smallest absolute Gasteiger partial charge is 0.123 e. The van der Waals surface area contributed by atoms with Crippen LogP contribution in [-0.2, 0) is 6.42 Å². The second-order valence-corrected chi connectivity index (χ2v) is 7.68. The first-order valence-corrected chi connectivity index (χ1v) is 10.0. The fourth-order valence-electron chi connectivity index (χ4n) is 4.76. The molecule has 1 heteroatoms. The van der Waals surface area contributed by atoms with Crippen LogP contribution in [0.25, 0.3) is 10.8 Å². The number of fused-ring (bicyclic) bond motifs is 3. The number of aryl methyl sites for hydroxylation is 1. The molecular formula is C25H27F. The first-order chi connectivity index (χ1) is 12.8. The number of rotatable bonds is 5. The second kappa shape index (κ2) is 7.61. The number of unbranched alkanes of at least 4 members (excludes halogenated alkanes) is 2. The summed E-state index contributed by atoms with van der Waals surface area (Å²) in [6.45, 7) is 2.26. The Bertz CT molecular complexity index is 878. The molecule has 1 aliphatic rings. The maximum absolute atomic E-state index is 13.5. The van der Waals surface area contributed by atoms with E-state index in [2.05, 4.69) is 43.3 Å². The van der Waals surface area contributed by atoms with Crippen LogP contribution >= 0.6 is 0 Å². The zero-order valence-electron chi connectivity index (χ0n) is 15.5. The molecule has 0 bridgehead atoms. The van der Waals surface area contributed by atoms with Crippen LogP contribution in [0.3, 0.4) is 0 Å². The van der Waals surface area contributed by atoms with Crippen LogP contribution in [0.1, 0.15) is 61.6 Å². The summed E-state index contributed by atoms with van der Waals surface area (Å²) in [6, 6.07) is 20.5. The Morgan fingerprint density at radius 2 is 1.73 bits per heavy atom. The lowest BCUT2D eigenvalue weighted by Gasteiger charge is -2.35. The van der Waals surface area contributed by atoms with E-state index in [0.29, 0.717) is 11.8 Å². The molecule has 0 unspecified atom stereocenters. The van der Waals surface area contributed by atoms with Gasteiger partial charge in [-0.15, -0.1) is 0 Å². The van der Waals surface area contributed by atoms with Crippen molar-refractivity contribution < 1.29 is 4.39 Å². The summed E-state index contributed by atoms with van der Waals surface area (Å²) in [5.74, 6) is 0.896. The minimum Gasteiger partial charge on any atom is -0.207 e. The average Bonchev–Trinajstić information content (AvgIpc) is 2.68. The first kappa shape index (κ1) is 17.3. The molecule has 3 aromatic rings. The molecule has 0 N–H and O–H groups in total. The van der Waals surface area contributed by atoms with E-state index in [4.69, 9.17) is 0 Å². The molecule has 0 heterocycles. The van der Waals surface area contributed by atoms with Crippen molar-refractivity contribution in [2.45, 2.75) is 51.4 Å². The Hall–Kier alpha value is -2.15. The molecule has 0 amide bonds. The van der Waals surface area contributed by atoms with Crippen LogP contribution in [0, 0.1) is 11.7 Å². The minimum atomic E-state index is -0.147. The van der Waals surface area contributed by atoms with Gasteiger partial charge < -0.3 is 0 Å². The molecule has 26 heavy (non-hydrogen) atoms. The Kier molecular flexibility index (Phi) is 5.06. The van der Waals surface area contributed by atoms with Crippen molar-refractivity contribution in [3.05, 3.63) is 83.2 Å². The topological polar surface area (TPSA) is 0 Å². The molecule has 2 atom stereocenters. The van der Waals surface area contributed by atoms with Gasteiger partial charge in [-0.05, 0) is 64.8 Å². The van der Waals surface area contributed by atoms with E-state index in [1.807, 2.05) is 12.1 Å². The maximum Gasteiger partial charge on any atom is 0.123 e. The third-order valence-corrected chi connectivity index (χ3v) is 6.06. The summed E-state index contributed by atoms with van der Waals surface area (Å²) < 4.78 is 13.5. The van der Waals surface area contributed by atoms with E-state index in [1.54, 1.807) is 12.1 Å². The quantitative estimate of drug-likeness (QED) is 0.427. The largest absolute Gasteiger partial charge is 0.207 e. The van der Waals surface area contributed by atoms with Crippen molar-refractivity contribution in [1.29, 1.82) is 0 Å². The highest BCUT2D eigenvalue weighted by atomic mass is 19.1. The Balaban J connectivity index is 1.79. The van der Waals surface area contributed by atoms with Gasteiger partial charge in [0, 0.05) is 5.92 Å². The lowest BCUT2D eigenvalue weighted by molar-refractivity contribution is 0.369. The van der Waals surface area contributed by atoms with Gasteiger partial charge in [0.15, 0.2) is 0 Å². The van der Waals surface area contributed by atoms with Crippen LogP contribution < -0.4 is 0 Å². The van der Waals surface area contributed by atoms with Crippen LogP contribution in [0.5, 0.6) is 0 Å². The summed E-state index contributed by atoms with van der Waals surface area (Å²) in [6.07, 6.45) is 7.51. The summed E-state index contributed by atoms with van der Waals surface area (Å²) >= 11 is 0. The molecule has 1 aliphatic carbocycles. The van der Waals surface area contributed by atoms with E-state index in [1.165, 1.54) is 59.6 Å². The summed E-state index contributed by atoms with van der Waals surface area (Å²) in [7, 11) is 0. The molecule has 0 saturated heterocycles. The second-order valence-electron chi connectivity index (χ2n) is 7.68. The van der Waals surface area contributed by atoms with Crippen molar-refractivity contribution in [2.75, 3.05) is 0 Å². The predicted octanol–water partition coefficient (Wildman–Crippen LogP) is 7.25. The highest BCUT2D eigenvalue weighted by Crippen LogP contribution is 2.45. The third-order valence-electron chi connectivity index (χ3n) is 6.06. The highest BCUT2D eigenvalue weighted by Gasteiger charge is 2.31. The minimum absolute atomic E-state index is 0.147. The van der Waals surface area contributed by atoms with E-state index in [-0.39, 0.29) is 5.82 Å². The van der Waals surface area contributed by atoms with Gasteiger partial charge in [0.05, 0.1) is 0 Å². The van der Waals surface area contributed by atoms with Gasteiger partial charge in [-0.1, -0.05) is 74.7 Å². The van der Waals surface area contributed by atoms with E-state index < -0.39 is 0 Å². The zero-order valence-corrected chi connectivity index (χ0v) is 15.5. The van der Waals surface area contributed by atoms with Gasteiger partial charge in [-0.2, -0.15) is 0 Å². The van der Waals surface area contributed by atoms with E-state index in [9.17, 15) is 4.39 Å². The molecule has 0 aromatic heterocycles. The monoisotopic (exact) mass is 346 g/mol. The molecule has 0 fully saturated rings. The summed E-state index contributed by atoms with van der Waals surface area (Å²) in [4.78, 5) is 0. The summed E-state index contributed by atoms with van der Waals surface area (Å²) in [5, 5.41) is 2.72. The Morgan fingerprint density at radius 1 is 0.923 bits per heavy atom. The molecule has 0 nitrogen and oxygen atoms in total. The lowest BCUT2D eigenvalue weighted by Crippen LogP contribution is -2.22. The van der Waals surface area contributed by atoms with Gasteiger partial charge in [0.1, 0.15) is 5.82 Å².